The molecule has 5 rings (SSSR count). The second kappa shape index (κ2) is 13.1. The van der Waals surface area contributed by atoms with Crippen LogP contribution in [0.25, 0.3) is 5.65 Å². The number of halogens is 3. The van der Waals surface area contributed by atoms with Crippen LogP contribution in [-0.4, -0.2) is 68.2 Å². The molecule has 0 saturated carbocycles. The fourth-order valence-electron chi connectivity index (χ4n) is 5.39. The number of morpholine rings is 1. The molecule has 0 aliphatic carbocycles. The quantitative estimate of drug-likeness (QED) is 0.237. The smallest absolute Gasteiger partial charge is 0.411 e. The third-order valence-electron chi connectivity index (χ3n) is 9.19. The summed E-state index contributed by atoms with van der Waals surface area (Å²) in [6, 6.07) is 8.19. The number of hydrogen-bond acceptors (Lipinski definition) is 7. The van der Waals surface area contributed by atoms with E-state index in [0.29, 0.717) is 43.2 Å². The van der Waals surface area contributed by atoms with Crippen molar-refractivity contribution >= 4 is 19.8 Å². The minimum Gasteiger partial charge on any atom is -0.411 e. The van der Waals surface area contributed by atoms with Crippen LogP contribution in [0.2, 0.25) is 18.1 Å². The summed E-state index contributed by atoms with van der Waals surface area (Å²) in [6.07, 6.45) is -1.45. The molecule has 0 bridgehead atoms. The highest BCUT2D eigenvalue weighted by molar-refractivity contribution is 6.74. The first-order valence-corrected chi connectivity index (χ1v) is 18.4. The van der Waals surface area contributed by atoms with Crippen molar-refractivity contribution in [3.63, 3.8) is 0 Å². The maximum Gasteiger partial charge on any atom is 0.416 e. The molecule has 2 aromatic heterocycles. The van der Waals surface area contributed by atoms with Gasteiger partial charge in [-0.1, -0.05) is 32.9 Å². The highest BCUT2D eigenvalue weighted by atomic mass is 28.4. The number of imidazole rings is 1. The third-order valence-corrected chi connectivity index (χ3v) is 13.7. The summed E-state index contributed by atoms with van der Waals surface area (Å²) in [5.41, 5.74) is 2.21. The van der Waals surface area contributed by atoms with E-state index in [4.69, 9.17) is 28.7 Å². The number of alkyl halides is 3. The van der Waals surface area contributed by atoms with Crippen LogP contribution in [-0.2, 0) is 37.8 Å². The summed E-state index contributed by atoms with van der Waals surface area (Å²) in [5, 5.41) is 4.98. The van der Waals surface area contributed by atoms with Crippen LogP contribution in [0.3, 0.4) is 0 Å². The lowest BCUT2D eigenvalue weighted by atomic mass is 9.98. The van der Waals surface area contributed by atoms with Gasteiger partial charge in [0.05, 0.1) is 42.9 Å². The molecule has 2 saturated heterocycles. The van der Waals surface area contributed by atoms with Gasteiger partial charge in [0.25, 0.3) is 0 Å². The van der Waals surface area contributed by atoms with Gasteiger partial charge in [0, 0.05) is 26.1 Å². The summed E-state index contributed by atoms with van der Waals surface area (Å²) >= 11 is 0. The molecule has 2 aliphatic rings. The lowest BCUT2D eigenvalue weighted by Crippen LogP contribution is -2.45. The number of benzene rings is 1. The second-order valence-electron chi connectivity index (χ2n) is 13.3. The molecule has 2 atom stereocenters. The zero-order valence-corrected chi connectivity index (χ0v) is 27.7. The van der Waals surface area contributed by atoms with Crippen LogP contribution in [0.4, 0.5) is 19.0 Å². The minimum absolute atomic E-state index is 0.00489. The highest BCUT2D eigenvalue weighted by Crippen LogP contribution is 2.38. The van der Waals surface area contributed by atoms with Crippen LogP contribution in [0.5, 0.6) is 0 Å². The number of hydrogen-bond donors (Lipinski definition) is 0. The van der Waals surface area contributed by atoms with Crippen molar-refractivity contribution in [1.29, 1.82) is 0 Å². The number of aromatic nitrogens is 3. The van der Waals surface area contributed by atoms with E-state index in [9.17, 15) is 13.2 Å². The van der Waals surface area contributed by atoms with E-state index in [0.717, 1.165) is 43.4 Å². The van der Waals surface area contributed by atoms with Gasteiger partial charge in [-0.15, -0.1) is 5.10 Å². The summed E-state index contributed by atoms with van der Waals surface area (Å²) in [5.74, 6) is 0.746. The Kier molecular flexibility index (Phi) is 9.77. The van der Waals surface area contributed by atoms with Crippen molar-refractivity contribution in [2.24, 2.45) is 0 Å². The predicted octanol–water partition coefficient (Wildman–Crippen LogP) is 6.92. The summed E-state index contributed by atoms with van der Waals surface area (Å²) in [4.78, 5) is 7.03. The standard InChI is InChI=1S/C32H45F3N4O4Si/c1-22-23(10-9-11-25(22)32(33,34)35)18-27-26(21-43-44(5,6)31(2,3)4)36-28-13-14-29(37-39(27)28)38-15-17-40-24(19-38)20-42-30-12-7-8-16-41-30/h9-11,13-14,24,30H,7-8,12,15-21H2,1-6H3. The fourth-order valence-corrected chi connectivity index (χ4v) is 6.32. The summed E-state index contributed by atoms with van der Waals surface area (Å²) in [7, 11) is -2.12. The van der Waals surface area contributed by atoms with Crippen LogP contribution in [0, 0.1) is 6.92 Å². The van der Waals surface area contributed by atoms with E-state index in [2.05, 4.69) is 38.8 Å². The van der Waals surface area contributed by atoms with Crippen molar-refractivity contribution in [1.82, 2.24) is 14.6 Å². The van der Waals surface area contributed by atoms with Gasteiger partial charge in [0.2, 0.25) is 0 Å². The zero-order valence-electron chi connectivity index (χ0n) is 26.7. The van der Waals surface area contributed by atoms with Crippen LogP contribution >= 0.6 is 0 Å². The Morgan fingerprint density at radius 2 is 1.84 bits per heavy atom. The lowest BCUT2D eigenvalue weighted by molar-refractivity contribution is -0.180. The molecule has 242 valence electrons. The van der Waals surface area contributed by atoms with Crippen LogP contribution in [0.15, 0.2) is 30.3 Å². The fraction of sp³-hybridized carbons (Fsp3) is 0.625. The van der Waals surface area contributed by atoms with Crippen molar-refractivity contribution in [2.75, 3.05) is 37.8 Å². The number of ether oxygens (including phenoxy) is 3. The Labute approximate surface area is 259 Å². The lowest BCUT2D eigenvalue weighted by Gasteiger charge is -2.36. The molecule has 0 spiro atoms. The molecule has 2 aliphatic heterocycles. The van der Waals surface area contributed by atoms with Gasteiger partial charge in [-0.25, -0.2) is 9.50 Å². The molecule has 0 radical (unpaired) electrons. The first kappa shape index (κ1) is 32.9. The number of fused-ring (bicyclic) bond motifs is 1. The molecular formula is C32H45F3N4O4Si. The molecule has 44 heavy (non-hydrogen) atoms. The topological polar surface area (TPSA) is 70.4 Å². The van der Waals surface area contributed by atoms with Crippen molar-refractivity contribution in [3.8, 4) is 0 Å². The second-order valence-corrected chi connectivity index (χ2v) is 18.2. The highest BCUT2D eigenvalue weighted by Gasteiger charge is 2.38. The van der Waals surface area contributed by atoms with Gasteiger partial charge in [-0.05, 0) is 73.6 Å². The molecule has 3 aromatic rings. The summed E-state index contributed by atoms with van der Waals surface area (Å²) < 4.78 is 67.3. The van der Waals surface area contributed by atoms with Crippen LogP contribution in [0.1, 0.15) is 68.1 Å². The largest absolute Gasteiger partial charge is 0.416 e. The molecule has 0 N–H and O–H groups in total. The Balaban J connectivity index is 1.44. The molecule has 0 amide bonds. The van der Waals surface area contributed by atoms with E-state index < -0.39 is 20.1 Å². The van der Waals surface area contributed by atoms with Gasteiger partial charge in [-0.2, -0.15) is 13.2 Å². The van der Waals surface area contributed by atoms with Gasteiger partial charge in [-0.3, -0.25) is 0 Å². The van der Waals surface area contributed by atoms with Gasteiger partial charge < -0.3 is 23.5 Å². The average Bonchev–Trinajstić information content (AvgIpc) is 3.32. The number of nitrogens with zero attached hydrogens (tertiary/aromatic N) is 4. The number of anilines is 1. The van der Waals surface area contributed by atoms with Crippen molar-refractivity contribution in [2.45, 2.75) is 96.7 Å². The van der Waals surface area contributed by atoms with Gasteiger partial charge in [0.15, 0.2) is 20.3 Å². The van der Waals surface area contributed by atoms with E-state index in [1.807, 2.05) is 12.1 Å². The Bertz CT molecular complexity index is 1430. The predicted molar refractivity (Wildman–Crippen MR) is 165 cm³/mol. The molecule has 12 heteroatoms. The maximum absolute atomic E-state index is 13.8. The average molecular weight is 635 g/mol. The Morgan fingerprint density at radius 1 is 1.05 bits per heavy atom. The normalized spacial score (nSPS) is 20.4. The van der Waals surface area contributed by atoms with Crippen molar-refractivity contribution in [3.05, 3.63) is 58.4 Å². The van der Waals surface area contributed by atoms with Crippen LogP contribution < -0.4 is 4.90 Å². The number of rotatable bonds is 9. The van der Waals surface area contributed by atoms with E-state index in [1.54, 1.807) is 10.6 Å². The molecular weight excluding hydrogens is 589 g/mol. The zero-order chi connectivity index (χ0) is 31.7. The molecule has 8 nitrogen and oxygen atoms in total. The molecule has 2 unspecified atom stereocenters. The third kappa shape index (κ3) is 7.47. The maximum atomic E-state index is 13.8. The van der Waals surface area contributed by atoms with Gasteiger partial charge in [0.1, 0.15) is 5.82 Å². The van der Waals surface area contributed by atoms with E-state index in [1.165, 1.54) is 13.0 Å². The van der Waals surface area contributed by atoms with Gasteiger partial charge >= 0.3 is 6.18 Å². The summed E-state index contributed by atoms with van der Waals surface area (Å²) in [6.45, 7) is 15.6. The monoisotopic (exact) mass is 634 g/mol. The van der Waals surface area contributed by atoms with Crippen molar-refractivity contribution < 1.29 is 31.8 Å². The van der Waals surface area contributed by atoms with E-state index >= 15 is 0 Å². The molecule has 1 aromatic carbocycles. The Hall–Kier alpha value is -2.51. The SMILES string of the molecule is Cc1c(Cc2c(CO[Si](C)(C)C(C)(C)C)nc3ccc(N4CCOC(COC5CCCCO5)C4)nn23)cccc1C(F)(F)F. The van der Waals surface area contributed by atoms with E-state index in [-0.39, 0.29) is 36.0 Å². The first-order chi connectivity index (χ1) is 20.7. The Morgan fingerprint density at radius 3 is 2.55 bits per heavy atom. The first-order valence-electron chi connectivity index (χ1n) is 15.5. The molecule has 4 heterocycles. The minimum atomic E-state index is -4.43. The molecule has 2 fully saturated rings.